The molecule has 2 N–H and O–H groups in total. The molecule has 24 heavy (non-hydrogen) atoms. The van der Waals surface area contributed by atoms with Crippen LogP contribution in [-0.2, 0) is 6.54 Å². The van der Waals surface area contributed by atoms with Crippen molar-refractivity contribution in [2.75, 3.05) is 13.1 Å². The number of nitrogens with one attached hydrogen (secondary N) is 2. The lowest BCUT2D eigenvalue weighted by molar-refractivity contribution is 0.699. The molecule has 0 aromatic heterocycles. The lowest BCUT2D eigenvalue weighted by atomic mass is 10.0. The van der Waals surface area contributed by atoms with Gasteiger partial charge in [0.05, 0.1) is 18.2 Å². The SMILES string of the molecule is CCNC(=NCc1cccc(C#N)c1)NCC(C)c1ccccc1. The van der Waals surface area contributed by atoms with Crippen molar-refractivity contribution in [1.82, 2.24) is 10.6 Å². The predicted molar refractivity (Wildman–Crippen MR) is 98.8 cm³/mol. The Hall–Kier alpha value is -2.80. The first kappa shape index (κ1) is 17.6. The van der Waals surface area contributed by atoms with Crippen molar-refractivity contribution in [2.24, 2.45) is 4.99 Å². The number of rotatable bonds is 6. The van der Waals surface area contributed by atoms with Crippen molar-refractivity contribution >= 4 is 5.96 Å². The molecule has 2 aromatic carbocycles. The van der Waals surface area contributed by atoms with Crippen LogP contribution in [0.25, 0.3) is 0 Å². The number of hydrogen-bond donors (Lipinski definition) is 2. The van der Waals surface area contributed by atoms with E-state index in [4.69, 9.17) is 5.26 Å². The second-order valence-electron chi connectivity index (χ2n) is 5.70. The van der Waals surface area contributed by atoms with E-state index < -0.39 is 0 Å². The summed E-state index contributed by atoms with van der Waals surface area (Å²) < 4.78 is 0. The van der Waals surface area contributed by atoms with Crippen molar-refractivity contribution in [2.45, 2.75) is 26.3 Å². The summed E-state index contributed by atoms with van der Waals surface area (Å²) in [6.45, 7) is 6.42. The van der Waals surface area contributed by atoms with E-state index in [1.807, 2.05) is 31.2 Å². The van der Waals surface area contributed by atoms with Crippen LogP contribution >= 0.6 is 0 Å². The largest absolute Gasteiger partial charge is 0.357 e. The summed E-state index contributed by atoms with van der Waals surface area (Å²) in [6, 6.07) is 20.2. The Bertz CT molecular complexity index is 701. The van der Waals surface area contributed by atoms with Crippen molar-refractivity contribution in [3.8, 4) is 6.07 Å². The zero-order valence-electron chi connectivity index (χ0n) is 14.3. The van der Waals surface area contributed by atoms with Crippen LogP contribution in [0, 0.1) is 11.3 Å². The molecule has 0 aliphatic carbocycles. The molecule has 0 heterocycles. The van der Waals surface area contributed by atoms with Crippen LogP contribution in [0.1, 0.15) is 36.5 Å². The van der Waals surface area contributed by atoms with Gasteiger partial charge in [-0.25, -0.2) is 4.99 Å². The second kappa shape index (κ2) is 9.36. The van der Waals surface area contributed by atoms with Gasteiger partial charge < -0.3 is 10.6 Å². The average Bonchev–Trinajstić information content (AvgIpc) is 2.64. The van der Waals surface area contributed by atoms with Gasteiger partial charge in [0.25, 0.3) is 0 Å². The number of hydrogen-bond acceptors (Lipinski definition) is 2. The normalized spacial score (nSPS) is 12.3. The van der Waals surface area contributed by atoms with E-state index in [2.05, 4.69) is 52.9 Å². The highest BCUT2D eigenvalue weighted by molar-refractivity contribution is 5.79. The predicted octanol–water partition coefficient (Wildman–Crippen LogP) is 3.42. The number of benzene rings is 2. The molecule has 0 amide bonds. The topological polar surface area (TPSA) is 60.2 Å². The van der Waals surface area contributed by atoms with Crippen molar-refractivity contribution in [1.29, 1.82) is 5.26 Å². The van der Waals surface area contributed by atoms with Gasteiger partial charge in [0.2, 0.25) is 0 Å². The minimum absolute atomic E-state index is 0.400. The van der Waals surface area contributed by atoms with Crippen LogP contribution in [0.3, 0.4) is 0 Å². The number of nitriles is 1. The maximum atomic E-state index is 8.97. The van der Waals surface area contributed by atoms with Gasteiger partial charge in [0.1, 0.15) is 0 Å². The lowest BCUT2D eigenvalue weighted by Crippen LogP contribution is -2.39. The second-order valence-corrected chi connectivity index (χ2v) is 5.70. The molecule has 0 spiro atoms. The molecule has 4 heteroatoms. The lowest BCUT2D eigenvalue weighted by Gasteiger charge is -2.16. The minimum Gasteiger partial charge on any atom is -0.357 e. The monoisotopic (exact) mass is 320 g/mol. The molecular weight excluding hydrogens is 296 g/mol. The average molecular weight is 320 g/mol. The summed E-state index contributed by atoms with van der Waals surface area (Å²) in [5, 5.41) is 15.6. The van der Waals surface area contributed by atoms with Gasteiger partial charge in [-0.3, -0.25) is 0 Å². The molecule has 2 aromatic rings. The Labute approximate surface area is 144 Å². The summed E-state index contributed by atoms with van der Waals surface area (Å²) in [6.07, 6.45) is 0. The quantitative estimate of drug-likeness (QED) is 0.633. The highest BCUT2D eigenvalue weighted by Crippen LogP contribution is 2.13. The van der Waals surface area contributed by atoms with Gasteiger partial charge in [-0.2, -0.15) is 5.26 Å². The standard InChI is InChI=1S/C20H24N4/c1-3-22-20(23-14-16(2)19-10-5-4-6-11-19)24-15-18-9-7-8-17(12-18)13-21/h4-12,16H,3,14-15H2,1-2H3,(H2,22,23,24). The fraction of sp³-hybridized carbons (Fsp3) is 0.300. The van der Waals surface area contributed by atoms with Crippen molar-refractivity contribution < 1.29 is 0 Å². The zero-order chi connectivity index (χ0) is 17.2. The Morgan fingerprint density at radius 3 is 2.62 bits per heavy atom. The zero-order valence-corrected chi connectivity index (χ0v) is 14.3. The Kier molecular flexibility index (Phi) is 6.85. The number of guanidine groups is 1. The van der Waals surface area contributed by atoms with E-state index in [1.165, 1.54) is 5.56 Å². The fourth-order valence-corrected chi connectivity index (χ4v) is 2.40. The van der Waals surface area contributed by atoms with Crippen LogP contribution < -0.4 is 10.6 Å². The molecule has 4 nitrogen and oxygen atoms in total. The van der Waals surface area contributed by atoms with E-state index in [9.17, 15) is 0 Å². The van der Waals surface area contributed by atoms with Crippen LogP contribution in [0.15, 0.2) is 59.6 Å². The van der Waals surface area contributed by atoms with E-state index in [0.29, 0.717) is 18.0 Å². The highest BCUT2D eigenvalue weighted by Gasteiger charge is 2.06. The van der Waals surface area contributed by atoms with Crippen molar-refractivity contribution in [3.05, 3.63) is 71.3 Å². The smallest absolute Gasteiger partial charge is 0.191 e. The maximum absolute atomic E-state index is 8.97. The van der Waals surface area contributed by atoms with Crippen molar-refractivity contribution in [3.63, 3.8) is 0 Å². The van der Waals surface area contributed by atoms with E-state index in [0.717, 1.165) is 24.6 Å². The van der Waals surface area contributed by atoms with Crippen LogP contribution in [0.2, 0.25) is 0 Å². The summed E-state index contributed by atoms with van der Waals surface area (Å²) in [5.41, 5.74) is 3.00. The maximum Gasteiger partial charge on any atom is 0.191 e. The Morgan fingerprint density at radius 2 is 1.92 bits per heavy atom. The fourth-order valence-electron chi connectivity index (χ4n) is 2.40. The molecule has 0 aliphatic rings. The Morgan fingerprint density at radius 1 is 1.12 bits per heavy atom. The van der Waals surface area contributed by atoms with E-state index in [-0.39, 0.29) is 0 Å². The third kappa shape index (κ3) is 5.44. The summed E-state index contributed by atoms with van der Waals surface area (Å²) in [4.78, 5) is 4.61. The molecule has 0 bridgehead atoms. The first-order chi connectivity index (χ1) is 11.7. The Balaban J connectivity index is 1.96. The van der Waals surface area contributed by atoms with Gasteiger partial charge in [-0.1, -0.05) is 49.4 Å². The van der Waals surface area contributed by atoms with Gasteiger partial charge in [-0.05, 0) is 36.1 Å². The third-order valence-electron chi connectivity index (χ3n) is 3.76. The number of nitrogens with zero attached hydrogens (tertiary/aromatic N) is 2. The molecule has 1 atom stereocenters. The molecule has 0 saturated carbocycles. The van der Waals surface area contributed by atoms with Crippen LogP contribution in [0.5, 0.6) is 0 Å². The summed E-state index contributed by atoms with van der Waals surface area (Å²) >= 11 is 0. The highest BCUT2D eigenvalue weighted by atomic mass is 15.2. The van der Waals surface area contributed by atoms with Crippen LogP contribution in [-0.4, -0.2) is 19.0 Å². The molecule has 0 radical (unpaired) electrons. The van der Waals surface area contributed by atoms with Gasteiger partial charge in [0.15, 0.2) is 5.96 Å². The first-order valence-corrected chi connectivity index (χ1v) is 8.29. The molecular formula is C20H24N4. The molecule has 1 unspecified atom stereocenters. The van der Waals surface area contributed by atoms with Gasteiger partial charge >= 0.3 is 0 Å². The first-order valence-electron chi connectivity index (χ1n) is 8.29. The molecule has 0 fully saturated rings. The van der Waals surface area contributed by atoms with Crippen LogP contribution in [0.4, 0.5) is 0 Å². The number of aliphatic imine (C=N–C) groups is 1. The molecule has 0 saturated heterocycles. The van der Waals surface area contributed by atoms with E-state index >= 15 is 0 Å². The minimum atomic E-state index is 0.400. The third-order valence-corrected chi connectivity index (χ3v) is 3.76. The van der Waals surface area contributed by atoms with E-state index in [1.54, 1.807) is 6.07 Å². The van der Waals surface area contributed by atoms with Gasteiger partial charge in [-0.15, -0.1) is 0 Å². The summed E-state index contributed by atoms with van der Waals surface area (Å²) in [5.74, 6) is 1.19. The molecule has 124 valence electrons. The summed E-state index contributed by atoms with van der Waals surface area (Å²) in [7, 11) is 0. The van der Waals surface area contributed by atoms with Gasteiger partial charge in [0, 0.05) is 13.1 Å². The molecule has 0 aliphatic heterocycles. The molecule has 2 rings (SSSR count).